The van der Waals surface area contributed by atoms with E-state index in [0.717, 1.165) is 0 Å². The summed E-state index contributed by atoms with van der Waals surface area (Å²) >= 11 is 0. The summed E-state index contributed by atoms with van der Waals surface area (Å²) in [6, 6.07) is 22.7. The molecule has 0 spiro atoms. The number of benzene rings is 3. The van der Waals surface area contributed by atoms with E-state index in [1.54, 1.807) is 22.3 Å². The molecule has 0 radical (unpaired) electrons. The van der Waals surface area contributed by atoms with Crippen LogP contribution in [0.2, 0.25) is 0 Å². The van der Waals surface area contributed by atoms with Gasteiger partial charge >= 0.3 is 0 Å². The third-order valence-corrected chi connectivity index (χ3v) is 5.25. The van der Waals surface area contributed by atoms with Crippen LogP contribution in [0.1, 0.15) is 34.1 Å². The molecule has 0 aliphatic heterocycles. The van der Waals surface area contributed by atoms with Gasteiger partial charge in [0.05, 0.1) is 0 Å². The van der Waals surface area contributed by atoms with Gasteiger partial charge in [0.25, 0.3) is 0 Å². The lowest BCUT2D eigenvalue weighted by atomic mass is 9.75. The summed E-state index contributed by atoms with van der Waals surface area (Å²) in [5, 5.41) is 2.95. The topological polar surface area (TPSA) is 0 Å². The quantitative estimate of drug-likeness (QED) is 0.541. The van der Waals surface area contributed by atoms with Gasteiger partial charge < -0.3 is 0 Å². The van der Waals surface area contributed by atoms with Gasteiger partial charge in [0, 0.05) is 0 Å². The molecule has 0 nitrogen and oxygen atoms in total. The van der Waals surface area contributed by atoms with Gasteiger partial charge in [-0.25, -0.2) is 0 Å². The third kappa shape index (κ3) is 1.27. The Morgan fingerprint density at radius 2 is 1.15 bits per heavy atom. The molecule has 0 aromatic heterocycles. The number of hydrogen-bond donors (Lipinski definition) is 0. The highest BCUT2D eigenvalue weighted by molar-refractivity contribution is 5.92. The number of fused-ring (bicyclic) bond motifs is 4. The van der Waals surface area contributed by atoms with Crippen molar-refractivity contribution in [3.63, 3.8) is 0 Å². The Labute approximate surface area is 119 Å². The molecule has 96 valence electrons. The summed E-state index contributed by atoms with van der Waals surface area (Å²) in [6.45, 7) is 0. The van der Waals surface area contributed by atoms with Crippen LogP contribution in [-0.2, 0) is 12.8 Å². The molecule has 0 N–H and O–H groups in total. The fourth-order valence-electron chi connectivity index (χ4n) is 4.39. The second-order valence-corrected chi connectivity index (χ2v) is 6.18. The summed E-state index contributed by atoms with van der Waals surface area (Å²) in [4.78, 5) is 0. The van der Waals surface area contributed by atoms with Crippen LogP contribution in [-0.4, -0.2) is 0 Å². The average Bonchev–Trinajstić information content (AvgIpc) is 2.82. The minimum atomic E-state index is 0.686. The van der Waals surface area contributed by atoms with Crippen molar-refractivity contribution in [1.82, 2.24) is 0 Å². The molecule has 3 aromatic carbocycles. The second-order valence-electron chi connectivity index (χ2n) is 6.18. The van der Waals surface area contributed by atoms with E-state index in [1.165, 1.54) is 23.6 Å². The molecule has 0 saturated heterocycles. The Morgan fingerprint density at radius 1 is 0.600 bits per heavy atom. The van der Waals surface area contributed by atoms with Gasteiger partial charge in [-0.05, 0) is 57.7 Å². The molecule has 20 heavy (non-hydrogen) atoms. The van der Waals surface area contributed by atoms with Gasteiger partial charge in [-0.15, -0.1) is 0 Å². The molecule has 2 aliphatic carbocycles. The summed E-state index contributed by atoms with van der Waals surface area (Å²) in [5.74, 6) is 1.37. The molecule has 2 atom stereocenters. The molecule has 0 bridgehead atoms. The summed E-state index contributed by atoms with van der Waals surface area (Å²) < 4.78 is 0. The van der Waals surface area contributed by atoms with Crippen LogP contribution in [0, 0.1) is 0 Å². The van der Waals surface area contributed by atoms with Gasteiger partial charge in [0.1, 0.15) is 0 Å². The SMILES string of the molecule is c1ccc2c(c1)CC1c3cccc4cccc(c34)C1C2. The number of hydrogen-bond acceptors (Lipinski definition) is 0. The normalized spacial score (nSPS) is 22.6. The minimum absolute atomic E-state index is 0.686. The van der Waals surface area contributed by atoms with E-state index in [4.69, 9.17) is 0 Å². The first-order chi connectivity index (χ1) is 9.92. The van der Waals surface area contributed by atoms with Crippen molar-refractivity contribution in [2.75, 3.05) is 0 Å². The second kappa shape index (κ2) is 3.73. The van der Waals surface area contributed by atoms with Crippen LogP contribution >= 0.6 is 0 Å². The monoisotopic (exact) mass is 256 g/mol. The van der Waals surface area contributed by atoms with E-state index in [0.29, 0.717) is 11.8 Å². The zero-order valence-corrected chi connectivity index (χ0v) is 11.3. The maximum absolute atomic E-state index is 2.35. The zero-order valence-electron chi connectivity index (χ0n) is 11.3. The molecule has 0 fully saturated rings. The molecular formula is C20H16. The van der Waals surface area contributed by atoms with Crippen LogP contribution in [0.15, 0.2) is 60.7 Å². The highest BCUT2D eigenvalue weighted by Gasteiger charge is 2.37. The van der Waals surface area contributed by atoms with Crippen molar-refractivity contribution in [2.24, 2.45) is 0 Å². The molecule has 5 rings (SSSR count). The smallest absolute Gasteiger partial charge is 0.00429 e. The van der Waals surface area contributed by atoms with E-state index in [1.807, 2.05) is 0 Å². The number of rotatable bonds is 0. The molecule has 0 heterocycles. The zero-order chi connectivity index (χ0) is 13.1. The minimum Gasteiger partial charge on any atom is -0.0620 e. The molecule has 0 heteroatoms. The van der Waals surface area contributed by atoms with Crippen LogP contribution < -0.4 is 0 Å². The Morgan fingerprint density at radius 3 is 1.70 bits per heavy atom. The van der Waals surface area contributed by atoms with E-state index in [-0.39, 0.29) is 0 Å². The predicted octanol–water partition coefficient (Wildman–Crippen LogP) is 4.82. The van der Waals surface area contributed by atoms with E-state index in [2.05, 4.69) is 60.7 Å². The van der Waals surface area contributed by atoms with E-state index in [9.17, 15) is 0 Å². The average molecular weight is 256 g/mol. The Kier molecular flexibility index (Phi) is 1.99. The lowest BCUT2D eigenvalue weighted by Gasteiger charge is -2.29. The van der Waals surface area contributed by atoms with Gasteiger partial charge in [-0.3, -0.25) is 0 Å². The van der Waals surface area contributed by atoms with Crippen molar-refractivity contribution in [2.45, 2.75) is 24.7 Å². The van der Waals surface area contributed by atoms with Crippen molar-refractivity contribution >= 4 is 10.8 Å². The maximum atomic E-state index is 2.35. The van der Waals surface area contributed by atoms with Gasteiger partial charge in [0.2, 0.25) is 0 Å². The molecule has 0 saturated carbocycles. The third-order valence-electron chi connectivity index (χ3n) is 5.25. The molecule has 2 aliphatic rings. The predicted molar refractivity (Wildman–Crippen MR) is 83.3 cm³/mol. The molecule has 3 aromatic rings. The molecule has 2 unspecified atom stereocenters. The van der Waals surface area contributed by atoms with Gasteiger partial charge in [0.15, 0.2) is 0 Å². The van der Waals surface area contributed by atoms with Crippen molar-refractivity contribution in [3.8, 4) is 0 Å². The summed E-state index contributed by atoms with van der Waals surface area (Å²) in [5.41, 5.74) is 6.27. The Bertz CT molecular complexity index is 763. The fraction of sp³-hybridized carbons (Fsp3) is 0.200. The largest absolute Gasteiger partial charge is 0.0620 e. The van der Waals surface area contributed by atoms with Gasteiger partial charge in [-0.1, -0.05) is 60.7 Å². The Hall–Kier alpha value is -2.08. The van der Waals surface area contributed by atoms with E-state index < -0.39 is 0 Å². The first-order valence-corrected chi connectivity index (χ1v) is 7.50. The highest BCUT2D eigenvalue weighted by Crippen LogP contribution is 2.52. The van der Waals surface area contributed by atoms with Crippen molar-refractivity contribution in [1.29, 1.82) is 0 Å². The van der Waals surface area contributed by atoms with E-state index >= 15 is 0 Å². The maximum Gasteiger partial charge on any atom is -0.00429 e. The first-order valence-electron chi connectivity index (χ1n) is 7.50. The van der Waals surface area contributed by atoms with Crippen LogP contribution in [0.3, 0.4) is 0 Å². The van der Waals surface area contributed by atoms with Crippen molar-refractivity contribution < 1.29 is 0 Å². The van der Waals surface area contributed by atoms with Crippen LogP contribution in [0.4, 0.5) is 0 Å². The fourth-order valence-corrected chi connectivity index (χ4v) is 4.39. The van der Waals surface area contributed by atoms with Crippen LogP contribution in [0.25, 0.3) is 10.8 Å². The Balaban J connectivity index is 1.78. The first kappa shape index (κ1) is 10.7. The standard InChI is InChI=1S/C20H16/c1-2-6-15-12-19-17-10-4-8-13-7-3-9-16(20(13)17)18(19)11-14(15)5-1/h1-10,18-19H,11-12H2. The summed E-state index contributed by atoms with van der Waals surface area (Å²) in [7, 11) is 0. The van der Waals surface area contributed by atoms with Crippen LogP contribution in [0.5, 0.6) is 0 Å². The highest BCUT2D eigenvalue weighted by atomic mass is 14.4. The lowest BCUT2D eigenvalue weighted by Crippen LogP contribution is -2.18. The van der Waals surface area contributed by atoms with Gasteiger partial charge in [-0.2, -0.15) is 0 Å². The molecule has 0 amide bonds. The van der Waals surface area contributed by atoms with Crippen molar-refractivity contribution in [3.05, 3.63) is 82.9 Å². The molecular weight excluding hydrogens is 240 g/mol. The summed E-state index contributed by atoms with van der Waals surface area (Å²) in [6.07, 6.45) is 2.41. The lowest BCUT2D eigenvalue weighted by molar-refractivity contribution is 0.523.